The summed E-state index contributed by atoms with van der Waals surface area (Å²) in [6, 6.07) is 18.1. The fourth-order valence-electron chi connectivity index (χ4n) is 4.38. The van der Waals surface area contributed by atoms with Gasteiger partial charge in [-0.2, -0.15) is 5.26 Å². The van der Waals surface area contributed by atoms with Crippen molar-refractivity contribution < 1.29 is 0 Å². The Morgan fingerprint density at radius 3 is 2.48 bits per heavy atom. The summed E-state index contributed by atoms with van der Waals surface area (Å²) in [5, 5.41) is 11.8. The molecule has 0 aliphatic carbocycles. The molecule has 0 saturated heterocycles. The molecular formula is C24H22N6O. The highest BCUT2D eigenvalue weighted by Gasteiger charge is 2.23. The number of hydrogen-bond acceptors (Lipinski definition) is 3. The first-order valence-corrected chi connectivity index (χ1v) is 10.2. The lowest BCUT2D eigenvalue weighted by molar-refractivity contribution is 0.671. The Bertz CT molecular complexity index is 1520. The van der Waals surface area contributed by atoms with Crippen molar-refractivity contribution in [1.29, 1.82) is 5.26 Å². The molecule has 5 aromatic rings. The van der Waals surface area contributed by atoms with Crippen LogP contribution in [0.3, 0.4) is 0 Å². The number of aromatic amines is 1. The second kappa shape index (κ2) is 7.35. The molecule has 0 radical (unpaired) electrons. The normalized spacial score (nSPS) is 11.4. The van der Waals surface area contributed by atoms with Gasteiger partial charge >= 0.3 is 5.69 Å². The van der Waals surface area contributed by atoms with Crippen molar-refractivity contribution in [1.82, 2.24) is 18.7 Å². The standard InChI is InChI=1S/C24H22N6O/c1-28-15-22(17-8-3-4-9-20(17)28)30-23(19(13-26)27-24(30)31)18-14-29(12-6-11-25)21-10-5-2-7-16(18)21/h2-5,7-10,14-15H,6,11-12,25H2,1H3,(H,27,31). The average molecular weight is 410 g/mol. The van der Waals surface area contributed by atoms with Crippen LogP contribution >= 0.6 is 0 Å². The van der Waals surface area contributed by atoms with Crippen molar-refractivity contribution in [3.63, 3.8) is 0 Å². The van der Waals surface area contributed by atoms with Gasteiger partial charge in [-0.15, -0.1) is 0 Å². The van der Waals surface area contributed by atoms with Crippen LogP contribution in [0.1, 0.15) is 12.1 Å². The number of imidazole rings is 1. The third-order valence-corrected chi connectivity index (χ3v) is 5.77. The molecule has 0 unspecified atom stereocenters. The van der Waals surface area contributed by atoms with E-state index in [4.69, 9.17) is 5.73 Å². The predicted octanol–water partition coefficient (Wildman–Crippen LogP) is 3.50. The minimum Gasteiger partial charge on any atom is -0.348 e. The van der Waals surface area contributed by atoms with Crippen LogP contribution in [0.5, 0.6) is 0 Å². The summed E-state index contributed by atoms with van der Waals surface area (Å²) in [5.74, 6) is 0. The van der Waals surface area contributed by atoms with Gasteiger partial charge in [0.05, 0.1) is 11.4 Å². The van der Waals surface area contributed by atoms with Crippen LogP contribution in [0.2, 0.25) is 0 Å². The van der Waals surface area contributed by atoms with E-state index in [1.54, 1.807) is 4.57 Å². The smallest absolute Gasteiger partial charge is 0.331 e. The van der Waals surface area contributed by atoms with E-state index < -0.39 is 0 Å². The lowest BCUT2D eigenvalue weighted by atomic mass is 10.1. The molecule has 0 aliphatic rings. The Labute approximate surface area is 178 Å². The summed E-state index contributed by atoms with van der Waals surface area (Å²) < 4.78 is 5.75. The lowest BCUT2D eigenvalue weighted by Gasteiger charge is -2.06. The summed E-state index contributed by atoms with van der Waals surface area (Å²) in [6.45, 7) is 1.36. The molecule has 0 atom stereocenters. The van der Waals surface area contributed by atoms with Gasteiger partial charge < -0.3 is 14.9 Å². The maximum absolute atomic E-state index is 13.1. The molecule has 3 aromatic heterocycles. The van der Waals surface area contributed by atoms with Crippen molar-refractivity contribution >= 4 is 21.8 Å². The second-order valence-electron chi connectivity index (χ2n) is 7.64. The zero-order chi connectivity index (χ0) is 21.5. The van der Waals surface area contributed by atoms with Crippen LogP contribution in [0.15, 0.2) is 65.7 Å². The van der Waals surface area contributed by atoms with Gasteiger partial charge in [0.1, 0.15) is 11.8 Å². The molecule has 31 heavy (non-hydrogen) atoms. The van der Waals surface area contributed by atoms with E-state index in [1.165, 1.54) is 0 Å². The van der Waals surface area contributed by atoms with Crippen LogP contribution in [-0.2, 0) is 13.6 Å². The molecule has 7 heteroatoms. The van der Waals surface area contributed by atoms with Gasteiger partial charge in [-0.1, -0.05) is 36.4 Å². The van der Waals surface area contributed by atoms with Gasteiger partial charge in [-0.3, -0.25) is 9.55 Å². The van der Waals surface area contributed by atoms with Gasteiger partial charge in [0.2, 0.25) is 0 Å². The highest BCUT2D eigenvalue weighted by molar-refractivity contribution is 5.97. The van der Waals surface area contributed by atoms with Crippen LogP contribution in [0.4, 0.5) is 0 Å². The fraction of sp³-hybridized carbons (Fsp3) is 0.167. The number of rotatable bonds is 5. The molecule has 3 heterocycles. The molecule has 5 rings (SSSR count). The Morgan fingerprint density at radius 2 is 1.74 bits per heavy atom. The van der Waals surface area contributed by atoms with Crippen LogP contribution in [0, 0.1) is 11.3 Å². The monoisotopic (exact) mass is 410 g/mol. The SMILES string of the molecule is Cn1cc(-n2c(-c3cn(CCCN)c4ccccc34)c(C#N)[nH]c2=O)c2ccccc21. The molecule has 0 saturated carbocycles. The summed E-state index contributed by atoms with van der Waals surface area (Å²) in [5.41, 5.74) is 9.88. The number of aryl methyl sites for hydroxylation is 2. The van der Waals surface area contributed by atoms with Gasteiger partial charge in [0, 0.05) is 53.4 Å². The first kappa shape index (κ1) is 19.0. The van der Waals surface area contributed by atoms with E-state index >= 15 is 0 Å². The quantitative estimate of drug-likeness (QED) is 0.464. The Morgan fingerprint density at radius 1 is 1.03 bits per heavy atom. The largest absolute Gasteiger partial charge is 0.348 e. The maximum atomic E-state index is 13.1. The van der Waals surface area contributed by atoms with Gasteiger partial charge in [0.15, 0.2) is 0 Å². The number of H-pyrrole nitrogens is 1. The number of hydrogen-bond donors (Lipinski definition) is 2. The number of nitrogens with two attached hydrogens (primary N) is 1. The molecular weight excluding hydrogens is 388 g/mol. The maximum Gasteiger partial charge on any atom is 0.331 e. The van der Waals surface area contributed by atoms with Crippen molar-refractivity contribution in [3.05, 3.63) is 77.1 Å². The first-order valence-electron chi connectivity index (χ1n) is 10.2. The average Bonchev–Trinajstić information content (AvgIpc) is 3.43. The second-order valence-corrected chi connectivity index (χ2v) is 7.64. The minimum atomic E-state index is -0.332. The Kier molecular flexibility index (Phi) is 4.50. The lowest BCUT2D eigenvalue weighted by Crippen LogP contribution is -2.15. The van der Waals surface area contributed by atoms with Crippen molar-refractivity contribution in [3.8, 4) is 23.0 Å². The summed E-state index contributed by atoms with van der Waals surface area (Å²) in [6.07, 6.45) is 4.79. The molecule has 2 aromatic carbocycles. The van der Waals surface area contributed by atoms with Crippen LogP contribution < -0.4 is 11.4 Å². The van der Waals surface area contributed by atoms with Gasteiger partial charge in [-0.25, -0.2) is 4.79 Å². The van der Waals surface area contributed by atoms with Crippen molar-refractivity contribution in [2.75, 3.05) is 6.54 Å². The fourth-order valence-corrected chi connectivity index (χ4v) is 4.38. The zero-order valence-corrected chi connectivity index (χ0v) is 17.2. The molecule has 0 bridgehead atoms. The number of para-hydroxylation sites is 2. The number of benzene rings is 2. The summed E-state index contributed by atoms with van der Waals surface area (Å²) in [7, 11) is 1.95. The highest BCUT2D eigenvalue weighted by Crippen LogP contribution is 2.35. The number of aromatic nitrogens is 4. The third kappa shape index (κ3) is 2.88. The molecule has 0 amide bonds. The van der Waals surface area contributed by atoms with Crippen molar-refractivity contribution in [2.45, 2.75) is 13.0 Å². The first-order chi connectivity index (χ1) is 15.1. The van der Waals surface area contributed by atoms with Crippen molar-refractivity contribution in [2.24, 2.45) is 12.8 Å². The topological polar surface area (TPSA) is 97.5 Å². The number of nitrogens with zero attached hydrogens (tertiary/aromatic N) is 4. The predicted molar refractivity (Wildman–Crippen MR) is 122 cm³/mol. The van der Waals surface area contributed by atoms with E-state index in [1.807, 2.05) is 66.5 Å². The molecule has 7 nitrogen and oxygen atoms in total. The van der Waals surface area contributed by atoms with E-state index in [0.29, 0.717) is 12.2 Å². The number of fused-ring (bicyclic) bond motifs is 2. The van der Waals surface area contributed by atoms with Gasteiger partial charge in [-0.05, 0) is 25.1 Å². The molecule has 0 aliphatic heterocycles. The van der Waals surface area contributed by atoms with Crippen LogP contribution in [-0.4, -0.2) is 25.2 Å². The van der Waals surface area contributed by atoms with E-state index in [2.05, 4.69) is 21.7 Å². The molecule has 154 valence electrons. The van der Waals surface area contributed by atoms with E-state index in [-0.39, 0.29) is 11.4 Å². The number of nitrogens with one attached hydrogen (secondary N) is 1. The van der Waals surface area contributed by atoms with Crippen LogP contribution in [0.25, 0.3) is 38.8 Å². The molecule has 3 N–H and O–H groups in total. The highest BCUT2D eigenvalue weighted by atomic mass is 16.1. The summed E-state index contributed by atoms with van der Waals surface area (Å²) >= 11 is 0. The zero-order valence-electron chi connectivity index (χ0n) is 17.2. The van der Waals surface area contributed by atoms with E-state index in [0.717, 1.165) is 46.0 Å². The third-order valence-electron chi connectivity index (χ3n) is 5.77. The molecule has 0 spiro atoms. The number of nitriles is 1. The molecule has 0 fully saturated rings. The Balaban J connectivity index is 1.85. The summed E-state index contributed by atoms with van der Waals surface area (Å²) in [4.78, 5) is 15.8. The van der Waals surface area contributed by atoms with Gasteiger partial charge in [0.25, 0.3) is 0 Å². The Hall–Kier alpha value is -4.02. The minimum absolute atomic E-state index is 0.250. The van der Waals surface area contributed by atoms with E-state index in [9.17, 15) is 10.1 Å².